The molecule has 0 saturated carbocycles. The zero-order chi connectivity index (χ0) is 17.8. The van der Waals surface area contributed by atoms with E-state index in [1.165, 1.54) is 0 Å². The number of rotatable bonds is 5. The maximum Gasteiger partial charge on any atom is 0.264 e. The maximum absolute atomic E-state index is 12.3. The van der Waals surface area contributed by atoms with E-state index in [1.807, 2.05) is 65.6 Å². The summed E-state index contributed by atoms with van der Waals surface area (Å²) in [6.07, 6.45) is 3.16. The predicted octanol–water partition coefficient (Wildman–Crippen LogP) is 2.51. The van der Waals surface area contributed by atoms with E-state index in [9.17, 15) is 4.79 Å². The number of nitrogens with zero attached hydrogens (tertiary/aromatic N) is 2. The van der Waals surface area contributed by atoms with Gasteiger partial charge in [0.15, 0.2) is 11.5 Å². The standard InChI is InChI=1S/C20H19N3O3/c24-20(19-14-25-17-8-4-5-9-18(17)26-19)21-10-11-23-13-16(12-22-23)15-6-2-1-3-7-15/h1-9,12-13,19H,10-11,14H2,(H,21,24). The zero-order valence-electron chi connectivity index (χ0n) is 14.2. The van der Waals surface area contributed by atoms with Crippen LogP contribution in [-0.4, -0.2) is 34.9 Å². The van der Waals surface area contributed by atoms with Gasteiger partial charge in [0, 0.05) is 18.3 Å². The Hall–Kier alpha value is -3.28. The van der Waals surface area contributed by atoms with Gasteiger partial charge in [-0.25, -0.2) is 0 Å². The Balaban J connectivity index is 1.29. The lowest BCUT2D eigenvalue weighted by Crippen LogP contribution is -2.44. The van der Waals surface area contributed by atoms with Gasteiger partial charge < -0.3 is 14.8 Å². The van der Waals surface area contributed by atoms with Crippen molar-refractivity contribution < 1.29 is 14.3 Å². The molecule has 0 spiro atoms. The van der Waals surface area contributed by atoms with Gasteiger partial charge in [0.05, 0.1) is 12.7 Å². The lowest BCUT2D eigenvalue weighted by Gasteiger charge is -2.25. The Morgan fingerprint density at radius 1 is 1.08 bits per heavy atom. The SMILES string of the molecule is O=C(NCCn1cc(-c2ccccc2)cn1)C1COc2ccccc2O1. The lowest BCUT2D eigenvalue weighted by molar-refractivity contribution is -0.130. The highest BCUT2D eigenvalue weighted by Crippen LogP contribution is 2.30. The van der Waals surface area contributed by atoms with Crippen LogP contribution in [0.25, 0.3) is 11.1 Å². The van der Waals surface area contributed by atoms with Crippen molar-refractivity contribution in [2.45, 2.75) is 12.6 Å². The summed E-state index contributed by atoms with van der Waals surface area (Å²) in [6, 6.07) is 17.4. The van der Waals surface area contributed by atoms with Crippen molar-refractivity contribution in [1.82, 2.24) is 15.1 Å². The third kappa shape index (κ3) is 3.54. The van der Waals surface area contributed by atoms with E-state index in [0.717, 1.165) is 11.1 Å². The number of amides is 1. The monoisotopic (exact) mass is 349 g/mol. The molecule has 132 valence electrons. The Labute approximate surface area is 151 Å². The molecule has 1 atom stereocenters. The quantitative estimate of drug-likeness (QED) is 0.769. The lowest BCUT2D eigenvalue weighted by atomic mass is 10.1. The molecule has 1 unspecified atom stereocenters. The summed E-state index contributed by atoms with van der Waals surface area (Å²) in [5.41, 5.74) is 2.17. The van der Waals surface area contributed by atoms with Crippen LogP contribution in [0.3, 0.4) is 0 Å². The normalized spacial score (nSPS) is 15.5. The van der Waals surface area contributed by atoms with E-state index in [1.54, 1.807) is 6.07 Å². The molecule has 2 heterocycles. The van der Waals surface area contributed by atoms with Gasteiger partial charge in [0.25, 0.3) is 5.91 Å². The van der Waals surface area contributed by atoms with Gasteiger partial charge in [-0.05, 0) is 17.7 Å². The van der Waals surface area contributed by atoms with Crippen molar-refractivity contribution in [1.29, 1.82) is 0 Å². The molecule has 1 N–H and O–H groups in total. The number of para-hydroxylation sites is 2. The molecule has 2 aromatic carbocycles. The fourth-order valence-electron chi connectivity index (χ4n) is 2.82. The van der Waals surface area contributed by atoms with Crippen molar-refractivity contribution in [2.24, 2.45) is 0 Å². The van der Waals surface area contributed by atoms with Crippen LogP contribution < -0.4 is 14.8 Å². The van der Waals surface area contributed by atoms with Crippen molar-refractivity contribution in [2.75, 3.05) is 13.2 Å². The third-order valence-corrected chi connectivity index (χ3v) is 4.18. The molecule has 1 aromatic heterocycles. The molecular weight excluding hydrogens is 330 g/mol. The molecule has 26 heavy (non-hydrogen) atoms. The van der Waals surface area contributed by atoms with Crippen LogP contribution >= 0.6 is 0 Å². The van der Waals surface area contributed by atoms with Crippen LogP contribution in [-0.2, 0) is 11.3 Å². The second-order valence-electron chi connectivity index (χ2n) is 6.01. The summed E-state index contributed by atoms with van der Waals surface area (Å²) in [6.45, 7) is 1.27. The number of ether oxygens (including phenoxy) is 2. The number of carbonyl (C=O) groups is 1. The first-order valence-electron chi connectivity index (χ1n) is 8.54. The number of carbonyl (C=O) groups excluding carboxylic acids is 1. The van der Waals surface area contributed by atoms with Crippen LogP contribution in [0.4, 0.5) is 0 Å². The van der Waals surface area contributed by atoms with Gasteiger partial charge in [0.2, 0.25) is 6.10 Å². The first kappa shape index (κ1) is 16.2. The average molecular weight is 349 g/mol. The summed E-state index contributed by atoms with van der Waals surface area (Å²) in [7, 11) is 0. The van der Waals surface area contributed by atoms with E-state index in [4.69, 9.17) is 9.47 Å². The van der Waals surface area contributed by atoms with Crippen LogP contribution in [0.2, 0.25) is 0 Å². The average Bonchev–Trinajstić information content (AvgIpc) is 3.17. The molecule has 0 bridgehead atoms. The minimum Gasteiger partial charge on any atom is -0.485 e. The van der Waals surface area contributed by atoms with Crippen LogP contribution in [0, 0.1) is 0 Å². The predicted molar refractivity (Wildman–Crippen MR) is 97.0 cm³/mol. The summed E-state index contributed by atoms with van der Waals surface area (Å²) < 4.78 is 13.1. The van der Waals surface area contributed by atoms with Crippen LogP contribution in [0.1, 0.15) is 0 Å². The van der Waals surface area contributed by atoms with E-state index < -0.39 is 6.10 Å². The van der Waals surface area contributed by atoms with Crippen LogP contribution in [0.5, 0.6) is 11.5 Å². The Morgan fingerprint density at radius 3 is 2.69 bits per heavy atom. The molecule has 0 aliphatic carbocycles. The number of hydrogen-bond acceptors (Lipinski definition) is 4. The molecule has 6 heteroatoms. The van der Waals surface area contributed by atoms with Crippen molar-refractivity contribution in [3.63, 3.8) is 0 Å². The Bertz CT molecular complexity index is 892. The van der Waals surface area contributed by atoms with Gasteiger partial charge in [-0.2, -0.15) is 5.10 Å². The molecule has 0 saturated heterocycles. The maximum atomic E-state index is 12.3. The summed E-state index contributed by atoms with van der Waals surface area (Å²) in [5, 5.41) is 7.22. The van der Waals surface area contributed by atoms with Gasteiger partial charge in [-0.1, -0.05) is 42.5 Å². The highest BCUT2D eigenvalue weighted by molar-refractivity contribution is 5.81. The molecule has 4 rings (SSSR count). The molecular formula is C20H19N3O3. The highest BCUT2D eigenvalue weighted by Gasteiger charge is 2.26. The number of nitrogens with one attached hydrogen (secondary N) is 1. The van der Waals surface area contributed by atoms with E-state index in [2.05, 4.69) is 10.4 Å². The van der Waals surface area contributed by atoms with Gasteiger partial charge in [-0.15, -0.1) is 0 Å². The summed E-state index contributed by atoms with van der Waals surface area (Å²) in [5.74, 6) is 1.08. The highest BCUT2D eigenvalue weighted by atomic mass is 16.6. The fourth-order valence-corrected chi connectivity index (χ4v) is 2.82. The Kier molecular flexibility index (Phi) is 4.55. The smallest absolute Gasteiger partial charge is 0.264 e. The second kappa shape index (κ2) is 7.31. The molecule has 6 nitrogen and oxygen atoms in total. The third-order valence-electron chi connectivity index (χ3n) is 4.18. The second-order valence-corrected chi connectivity index (χ2v) is 6.01. The molecule has 1 aliphatic rings. The molecule has 0 fully saturated rings. The number of aromatic nitrogens is 2. The molecule has 0 radical (unpaired) electrons. The van der Waals surface area contributed by atoms with Crippen molar-refractivity contribution in [3.8, 4) is 22.6 Å². The number of hydrogen-bond donors (Lipinski definition) is 1. The minimum atomic E-state index is -0.637. The molecule has 1 amide bonds. The van der Waals surface area contributed by atoms with E-state index in [-0.39, 0.29) is 12.5 Å². The van der Waals surface area contributed by atoms with Gasteiger partial charge in [-0.3, -0.25) is 9.48 Å². The summed E-state index contributed by atoms with van der Waals surface area (Å²) >= 11 is 0. The zero-order valence-corrected chi connectivity index (χ0v) is 14.2. The number of fused-ring (bicyclic) bond motifs is 1. The molecule has 3 aromatic rings. The van der Waals surface area contributed by atoms with E-state index in [0.29, 0.717) is 24.6 Å². The van der Waals surface area contributed by atoms with Crippen molar-refractivity contribution >= 4 is 5.91 Å². The van der Waals surface area contributed by atoms with E-state index >= 15 is 0 Å². The summed E-state index contributed by atoms with van der Waals surface area (Å²) in [4.78, 5) is 12.3. The van der Waals surface area contributed by atoms with Gasteiger partial charge in [0.1, 0.15) is 6.61 Å². The Morgan fingerprint density at radius 2 is 1.85 bits per heavy atom. The van der Waals surface area contributed by atoms with Crippen LogP contribution in [0.15, 0.2) is 67.0 Å². The minimum absolute atomic E-state index is 0.185. The largest absolute Gasteiger partial charge is 0.485 e. The topological polar surface area (TPSA) is 65.4 Å². The fraction of sp³-hybridized carbons (Fsp3) is 0.200. The molecule has 1 aliphatic heterocycles. The first-order chi connectivity index (χ1) is 12.8. The first-order valence-corrected chi connectivity index (χ1v) is 8.54. The number of benzene rings is 2. The van der Waals surface area contributed by atoms with Crippen molar-refractivity contribution in [3.05, 3.63) is 67.0 Å². The van der Waals surface area contributed by atoms with Gasteiger partial charge >= 0.3 is 0 Å².